The van der Waals surface area contributed by atoms with Gasteiger partial charge in [-0.1, -0.05) is 12.1 Å². The van der Waals surface area contributed by atoms with Gasteiger partial charge in [0.2, 0.25) is 0 Å². The first kappa shape index (κ1) is 7.91. The molecule has 0 amide bonds. The molecule has 0 bridgehead atoms. The molecule has 0 aliphatic heterocycles. The van der Waals surface area contributed by atoms with Crippen molar-refractivity contribution < 1.29 is 13.2 Å². The number of halogens is 3. The van der Waals surface area contributed by atoms with E-state index in [4.69, 9.17) is 5.73 Å². The molecular weight excluding hydrogens is 155 g/mol. The molecule has 1 aromatic carbocycles. The van der Waals surface area contributed by atoms with Crippen LogP contribution in [-0.2, 0) is 0 Å². The van der Waals surface area contributed by atoms with E-state index in [1.165, 1.54) is 6.07 Å². The Morgan fingerprint density at radius 2 is 1.91 bits per heavy atom. The molecule has 0 aliphatic carbocycles. The molecule has 0 fully saturated rings. The number of nitrogen functional groups attached to an aromatic ring is 1. The van der Waals surface area contributed by atoms with E-state index in [2.05, 4.69) is 0 Å². The van der Waals surface area contributed by atoms with Crippen molar-refractivity contribution in [2.24, 2.45) is 0 Å². The third-order valence-electron chi connectivity index (χ3n) is 1.32. The molecule has 0 saturated heterocycles. The van der Waals surface area contributed by atoms with Crippen LogP contribution >= 0.6 is 0 Å². The Balaban J connectivity index is 3.17. The number of rotatable bonds is 1. The number of hydrogen-bond acceptors (Lipinski definition) is 1. The van der Waals surface area contributed by atoms with Crippen LogP contribution in [0.5, 0.6) is 0 Å². The van der Waals surface area contributed by atoms with Crippen LogP contribution in [0.25, 0.3) is 0 Å². The molecular formula is C7H6F3N. The minimum Gasteiger partial charge on any atom is -0.396 e. The number of benzene rings is 1. The maximum atomic E-state index is 12.5. The standard InChI is InChI=1S/C7H6F3N/c8-5-3-1-2-4(6(5)11)7(9)10/h1-3,7H,11H2. The lowest BCUT2D eigenvalue weighted by Gasteiger charge is -2.03. The zero-order valence-electron chi connectivity index (χ0n) is 5.52. The van der Waals surface area contributed by atoms with Crippen LogP contribution in [0.1, 0.15) is 12.0 Å². The van der Waals surface area contributed by atoms with Gasteiger partial charge < -0.3 is 5.73 Å². The summed E-state index contributed by atoms with van der Waals surface area (Å²) in [7, 11) is 0. The first-order valence-electron chi connectivity index (χ1n) is 2.95. The van der Waals surface area contributed by atoms with Crippen molar-refractivity contribution in [1.29, 1.82) is 0 Å². The van der Waals surface area contributed by atoms with Crippen molar-refractivity contribution in [3.05, 3.63) is 29.6 Å². The first-order chi connectivity index (χ1) is 5.13. The minimum atomic E-state index is -2.72. The molecule has 11 heavy (non-hydrogen) atoms. The summed E-state index contributed by atoms with van der Waals surface area (Å²) in [5.74, 6) is -0.803. The molecule has 1 aromatic rings. The Morgan fingerprint density at radius 3 is 2.36 bits per heavy atom. The molecule has 1 nitrogen and oxygen atoms in total. The van der Waals surface area contributed by atoms with E-state index in [0.717, 1.165) is 12.1 Å². The second-order valence-electron chi connectivity index (χ2n) is 2.04. The fraction of sp³-hybridized carbons (Fsp3) is 0.143. The van der Waals surface area contributed by atoms with Crippen molar-refractivity contribution in [3.8, 4) is 0 Å². The van der Waals surface area contributed by atoms with E-state index in [1.807, 2.05) is 0 Å². The first-order valence-corrected chi connectivity index (χ1v) is 2.95. The van der Waals surface area contributed by atoms with Crippen LogP contribution in [0.4, 0.5) is 18.9 Å². The molecule has 0 aromatic heterocycles. The fourth-order valence-corrected chi connectivity index (χ4v) is 0.744. The van der Waals surface area contributed by atoms with Gasteiger partial charge in [-0.15, -0.1) is 0 Å². The molecule has 60 valence electrons. The Bertz CT molecular complexity index is 260. The van der Waals surface area contributed by atoms with E-state index in [9.17, 15) is 13.2 Å². The maximum Gasteiger partial charge on any atom is 0.265 e. The van der Waals surface area contributed by atoms with Crippen molar-refractivity contribution in [3.63, 3.8) is 0 Å². The van der Waals surface area contributed by atoms with Crippen molar-refractivity contribution in [2.75, 3.05) is 5.73 Å². The van der Waals surface area contributed by atoms with Gasteiger partial charge in [0.05, 0.1) is 5.69 Å². The van der Waals surface area contributed by atoms with Gasteiger partial charge in [-0.3, -0.25) is 0 Å². The largest absolute Gasteiger partial charge is 0.396 e. The normalized spacial score (nSPS) is 10.5. The number of para-hydroxylation sites is 1. The number of alkyl halides is 2. The minimum absolute atomic E-state index is 0.454. The quantitative estimate of drug-likeness (QED) is 0.628. The van der Waals surface area contributed by atoms with Crippen LogP contribution in [0.3, 0.4) is 0 Å². The van der Waals surface area contributed by atoms with Crippen molar-refractivity contribution >= 4 is 5.69 Å². The highest BCUT2D eigenvalue weighted by Gasteiger charge is 2.12. The third-order valence-corrected chi connectivity index (χ3v) is 1.32. The summed E-state index contributed by atoms with van der Waals surface area (Å²) in [6.45, 7) is 0. The number of nitrogens with two attached hydrogens (primary N) is 1. The van der Waals surface area contributed by atoms with Gasteiger partial charge in [-0.2, -0.15) is 0 Å². The lowest BCUT2D eigenvalue weighted by atomic mass is 10.2. The second-order valence-corrected chi connectivity index (χ2v) is 2.04. The van der Waals surface area contributed by atoms with E-state index >= 15 is 0 Å². The van der Waals surface area contributed by atoms with Gasteiger partial charge in [0, 0.05) is 5.56 Å². The molecule has 0 spiro atoms. The average molecular weight is 161 g/mol. The SMILES string of the molecule is Nc1c(F)cccc1C(F)F. The topological polar surface area (TPSA) is 26.0 Å². The van der Waals surface area contributed by atoms with Gasteiger partial charge in [-0.25, -0.2) is 13.2 Å². The second kappa shape index (κ2) is 2.82. The van der Waals surface area contributed by atoms with Gasteiger partial charge in [0.1, 0.15) is 5.82 Å². The smallest absolute Gasteiger partial charge is 0.265 e. The number of hydrogen-bond donors (Lipinski definition) is 1. The highest BCUT2D eigenvalue weighted by molar-refractivity contribution is 5.48. The van der Waals surface area contributed by atoms with E-state index in [1.54, 1.807) is 0 Å². The Hall–Kier alpha value is -1.19. The molecule has 1 rings (SSSR count). The maximum absolute atomic E-state index is 12.5. The Kier molecular flexibility index (Phi) is 2.03. The summed E-state index contributed by atoms with van der Waals surface area (Å²) < 4.78 is 36.4. The highest BCUT2D eigenvalue weighted by atomic mass is 19.3. The summed E-state index contributed by atoms with van der Waals surface area (Å²) in [5, 5.41) is 0. The van der Waals surface area contributed by atoms with Crippen molar-refractivity contribution in [1.82, 2.24) is 0 Å². The van der Waals surface area contributed by atoms with Crippen LogP contribution in [-0.4, -0.2) is 0 Å². The molecule has 0 saturated carbocycles. The summed E-state index contributed by atoms with van der Waals surface area (Å²) in [6, 6.07) is 3.34. The zero-order valence-corrected chi connectivity index (χ0v) is 5.52. The summed E-state index contributed by atoms with van der Waals surface area (Å²) in [4.78, 5) is 0. The highest BCUT2D eigenvalue weighted by Crippen LogP contribution is 2.26. The van der Waals surface area contributed by atoms with Gasteiger partial charge in [0.25, 0.3) is 6.43 Å². The summed E-state index contributed by atoms with van der Waals surface area (Å²) in [5.41, 5.74) is 4.10. The van der Waals surface area contributed by atoms with E-state index in [0.29, 0.717) is 0 Å². The summed E-state index contributed by atoms with van der Waals surface area (Å²) >= 11 is 0. The Morgan fingerprint density at radius 1 is 1.27 bits per heavy atom. The lowest BCUT2D eigenvalue weighted by Crippen LogP contribution is -1.97. The van der Waals surface area contributed by atoms with Crippen LogP contribution in [0.15, 0.2) is 18.2 Å². The average Bonchev–Trinajstić information content (AvgIpc) is 1.94. The molecule has 4 heteroatoms. The zero-order chi connectivity index (χ0) is 8.43. The molecule has 0 atom stereocenters. The third kappa shape index (κ3) is 1.45. The van der Waals surface area contributed by atoms with E-state index < -0.39 is 23.5 Å². The van der Waals surface area contributed by atoms with Crippen LogP contribution in [0.2, 0.25) is 0 Å². The molecule has 0 aliphatic rings. The van der Waals surface area contributed by atoms with Gasteiger partial charge in [-0.05, 0) is 6.07 Å². The number of anilines is 1. The lowest BCUT2D eigenvalue weighted by molar-refractivity contribution is 0.152. The van der Waals surface area contributed by atoms with Crippen LogP contribution in [0, 0.1) is 5.82 Å². The van der Waals surface area contributed by atoms with E-state index in [-0.39, 0.29) is 0 Å². The van der Waals surface area contributed by atoms with Crippen molar-refractivity contribution in [2.45, 2.75) is 6.43 Å². The Labute approximate surface area is 61.6 Å². The predicted octanol–water partition coefficient (Wildman–Crippen LogP) is 2.35. The monoisotopic (exact) mass is 161 g/mol. The molecule has 0 radical (unpaired) electrons. The summed E-state index contributed by atoms with van der Waals surface area (Å²) in [6.07, 6.45) is -2.72. The predicted molar refractivity (Wildman–Crippen MR) is 35.8 cm³/mol. The van der Waals surface area contributed by atoms with Gasteiger partial charge in [0.15, 0.2) is 0 Å². The van der Waals surface area contributed by atoms with Gasteiger partial charge >= 0.3 is 0 Å². The molecule has 0 unspecified atom stereocenters. The van der Waals surface area contributed by atoms with Crippen LogP contribution < -0.4 is 5.73 Å². The molecule has 0 heterocycles. The molecule has 2 N–H and O–H groups in total. The fourth-order valence-electron chi connectivity index (χ4n) is 0.744.